The summed E-state index contributed by atoms with van der Waals surface area (Å²) in [7, 11) is 1.60. The summed E-state index contributed by atoms with van der Waals surface area (Å²) in [6.07, 6.45) is 0.377. The number of rotatable bonds is 4. The van der Waals surface area contributed by atoms with Crippen molar-refractivity contribution < 1.29 is 9.53 Å². The monoisotopic (exact) mass is 253 g/mol. The molecule has 2 rings (SSSR count). The van der Waals surface area contributed by atoms with Crippen LogP contribution in [-0.2, 0) is 6.42 Å². The summed E-state index contributed by atoms with van der Waals surface area (Å²) in [6, 6.07) is 1.77. The smallest absolute Gasteiger partial charge is 0.179 e. The minimum Gasteiger partial charge on any atom is -0.496 e. The molecule has 0 saturated carbocycles. The maximum atomic E-state index is 11.9. The van der Waals surface area contributed by atoms with Crippen LogP contribution in [0.2, 0.25) is 0 Å². The van der Waals surface area contributed by atoms with E-state index in [4.69, 9.17) is 4.74 Å². The van der Waals surface area contributed by atoms with Crippen LogP contribution in [0.25, 0.3) is 0 Å². The minimum atomic E-state index is 0.0997. The molecular formula is C11H11NO2S2. The summed E-state index contributed by atoms with van der Waals surface area (Å²) in [6.45, 7) is 1.93. The first kappa shape index (κ1) is 11.3. The molecule has 0 atom stereocenters. The summed E-state index contributed by atoms with van der Waals surface area (Å²) in [5.74, 6) is 0.839. The topological polar surface area (TPSA) is 39.2 Å². The molecule has 0 aromatic carbocycles. The number of hydrogen-bond donors (Lipinski definition) is 0. The first-order chi connectivity index (χ1) is 7.69. The van der Waals surface area contributed by atoms with Gasteiger partial charge in [0.2, 0.25) is 0 Å². The maximum Gasteiger partial charge on any atom is 0.179 e. The summed E-state index contributed by atoms with van der Waals surface area (Å²) in [4.78, 5) is 16.9. The van der Waals surface area contributed by atoms with Crippen molar-refractivity contribution in [3.8, 4) is 5.75 Å². The third-order valence-electron chi connectivity index (χ3n) is 2.06. The number of nitrogens with zero attached hydrogens (tertiary/aromatic N) is 1. The Labute approximate surface area is 102 Å². The van der Waals surface area contributed by atoms with Gasteiger partial charge in [-0.15, -0.1) is 22.7 Å². The number of methoxy groups -OCH3 is 1. The van der Waals surface area contributed by atoms with E-state index >= 15 is 0 Å². The highest BCUT2D eigenvalue weighted by Gasteiger charge is 2.12. The van der Waals surface area contributed by atoms with Crippen molar-refractivity contribution in [1.29, 1.82) is 0 Å². The molecule has 0 aliphatic rings. The number of aryl methyl sites for hydroxylation is 1. The zero-order chi connectivity index (χ0) is 11.5. The standard InChI is InChI=1S/C11H11NO2S2/c1-7-5-16-11(12-7)4-9(13)10-3-8(14-2)6-15-10/h3,5-6H,4H2,1-2H3. The number of ketones is 1. The van der Waals surface area contributed by atoms with E-state index in [0.29, 0.717) is 6.42 Å². The molecule has 0 N–H and O–H groups in total. The Morgan fingerprint density at radius 1 is 1.44 bits per heavy atom. The van der Waals surface area contributed by atoms with Gasteiger partial charge in [0.25, 0.3) is 0 Å². The molecular weight excluding hydrogens is 242 g/mol. The van der Waals surface area contributed by atoms with Crippen LogP contribution in [0.1, 0.15) is 20.4 Å². The molecule has 0 amide bonds. The molecule has 0 radical (unpaired) electrons. The fourth-order valence-electron chi connectivity index (χ4n) is 1.28. The molecule has 0 spiro atoms. The van der Waals surface area contributed by atoms with Gasteiger partial charge in [-0.25, -0.2) is 4.98 Å². The van der Waals surface area contributed by atoms with E-state index in [2.05, 4.69) is 4.98 Å². The van der Waals surface area contributed by atoms with Crippen molar-refractivity contribution in [1.82, 2.24) is 4.98 Å². The maximum absolute atomic E-state index is 11.9. The minimum absolute atomic E-state index is 0.0997. The lowest BCUT2D eigenvalue weighted by molar-refractivity contribution is 0.0996. The van der Waals surface area contributed by atoms with E-state index in [1.165, 1.54) is 22.7 Å². The number of carbonyl (C=O) groups is 1. The number of Topliss-reactive ketones (excluding diaryl/α,β-unsaturated/α-hetero) is 1. The van der Waals surface area contributed by atoms with E-state index in [1.807, 2.05) is 17.7 Å². The highest BCUT2D eigenvalue weighted by atomic mass is 32.1. The van der Waals surface area contributed by atoms with Crippen molar-refractivity contribution in [2.75, 3.05) is 7.11 Å². The predicted molar refractivity (Wildman–Crippen MR) is 65.8 cm³/mol. The molecule has 0 unspecified atom stereocenters. The third kappa shape index (κ3) is 2.48. The van der Waals surface area contributed by atoms with Crippen molar-refractivity contribution in [3.63, 3.8) is 0 Å². The second-order valence-corrected chi connectivity index (χ2v) is 5.19. The number of ether oxygens (including phenoxy) is 1. The fourth-order valence-corrected chi connectivity index (χ4v) is 2.85. The van der Waals surface area contributed by atoms with Crippen LogP contribution in [-0.4, -0.2) is 17.9 Å². The highest BCUT2D eigenvalue weighted by molar-refractivity contribution is 7.12. The first-order valence-corrected chi connectivity index (χ1v) is 6.51. The summed E-state index contributed by atoms with van der Waals surface area (Å²) >= 11 is 2.94. The van der Waals surface area contributed by atoms with E-state index in [-0.39, 0.29) is 5.78 Å². The largest absolute Gasteiger partial charge is 0.496 e. The Kier molecular flexibility index (Phi) is 3.36. The lowest BCUT2D eigenvalue weighted by Gasteiger charge is -1.93. The molecule has 0 bridgehead atoms. The second kappa shape index (κ2) is 4.76. The molecule has 2 heterocycles. The van der Waals surface area contributed by atoms with Crippen LogP contribution in [0, 0.1) is 6.92 Å². The molecule has 0 fully saturated rings. The average molecular weight is 253 g/mol. The molecule has 2 aromatic rings. The molecule has 0 aliphatic heterocycles. The van der Waals surface area contributed by atoms with Gasteiger partial charge in [0.15, 0.2) is 5.78 Å². The van der Waals surface area contributed by atoms with Crippen LogP contribution >= 0.6 is 22.7 Å². The third-order valence-corrected chi connectivity index (χ3v) is 3.98. The van der Waals surface area contributed by atoms with Crippen molar-refractivity contribution in [2.24, 2.45) is 0 Å². The Bertz CT molecular complexity index is 502. The molecule has 84 valence electrons. The lowest BCUT2D eigenvalue weighted by atomic mass is 10.2. The number of thiazole rings is 1. The molecule has 0 saturated heterocycles. The van der Waals surface area contributed by atoms with Gasteiger partial charge >= 0.3 is 0 Å². The molecule has 16 heavy (non-hydrogen) atoms. The summed E-state index contributed by atoms with van der Waals surface area (Å²) in [5.41, 5.74) is 0.969. The van der Waals surface area contributed by atoms with Gasteiger partial charge in [0, 0.05) is 22.5 Å². The predicted octanol–water partition coefficient (Wildman–Crippen LogP) is 2.95. The van der Waals surface area contributed by atoms with Gasteiger partial charge in [-0.2, -0.15) is 0 Å². The van der Waals surface area contributed by atoms with E-state index in [0.717, 1.165) is 21.3 Å². The van der Waals surface area contributed by atoms with Gasteiger partial charge in [-0.3, -0.25) is 4.79 Å². The lowest BCUT2D eigenvalue weighted by Crippen LogP contribution is -2.00. The normalized spacial score (nSPS) is 10.4. The van der Waals surface area contributed by atoms with Gasteiger partial charge < -0.3 is 4.74 Å². The quantitative estimate of drug-likeness (QED) is 0.786. The van der Waals surface area contributed by atoms with Gasteiger partial charge in [0.1, 0.15) is 10.8 Å². The molecule has 5 heteroatoms. The highest BCUT2D eigenvalue weighted by Crippen LogP contribution is 2.23. The number of thiophene rings is 1. The Balaban J connectivity index is 2.08. The summed E-state index contributed by atoms with van der Waals surface area (Å²) in [5, 5.41) is 4.66. The van der Waals surface area contributed by atoms with Crippen LogP contribution < -0.4 is 4.74 Å². The van der Waals surface area contributed by atoms with Crippen molar-refractivity contribution in [3.05, 3.63) is 32.4 Å². The summed E-state index contributed by atoms with van der Waals surface area (Å²) < 4.78 is 5.04. The number of aromatic nitrogens is 1. The zero-order valence-corrected chi connectivity index (χ0v) is 10.7. The van der Waals surface area contributed by atoms with E-state index < -0.39 is 0 Å². The van der Waals surface area contributed by atoms with E-state index in [1.54, 1.807) is 13.2 Å². The molecule has 0 aliphatic carbocycles. The SMILES string of the molecule is COc1csc(C(=O)Cc2nc(C)cs2)c1. The number of carbonyl (C=O) groups excluding carboxylic acids is 1. The van der Waals surface area contributed by atoms with Crippen molar-refractivity contribution >= 4 is 28.5 Å². The molecule has 2 aromatic heterocycles. The number of hydrogen-bond acceptors (Lipinski definition) is 5. The Hall–Kier alpha value is -1.20. The average Bonchev–Trinajstić information content (AvgIpc) is 2.87. The van der Waals surface area contributed by atoms with E-state index in [9.17, 15) is 4.79 Å². The molecule has 3 nitrogen and oxygen atoms in total. The van der Waals surface area contributed by atoms with Crippen LogP contribution in [0.3, 0.4) is 0 Å². The Morgan fingerprint density at radius 2 is 2.25 bits per heavy atom. The van der Waals surface area contributed by atoms with Crippen LogP contribution in [0.4, 0.5) is 0 Å². The van der Waals surface area contributed by atoms with Gasteiger partial charge in [-0.05, 0) is 6.92 Å². The van der Waals surface area contributed by atoms with Gasteiger partial charge in [0.05, 0.1) is 18.4 Å². The first-order valence-electron chi connectivity index (χ1n) is 4.76. The van der Waals surface area contributed by atoms with Crippen LogP contribution in [0.5, 0.6) is 5.75 Å². The second-order valence-electron chi connectivity index (χ2n) is 3.33. The van der Waals surface area contributed by atoms with Gasteiger partial charge in [-0.1, -0.05) is 0 Å². The zero-order valence-electron chi connectivity index (χ0n) is 9.02. The Morgan fingerprint density at radius 3 is 2.81 bits per heavy atom. The fraction of sp³-hybridized carbons (Fsp3) is 0.273. The van der Waals surface area contributed by atoms with Crippen molar-refractivity contribution in [2.45, 2.75) is 13.3 Å². The van der Waals surface area contributed by atoms with Crippen LogP contribution in [0.15, 0.2) is 16.8 Å².